The summed E-state index contributed by atoms with van der Waals surface area (Å²) in [7, 11) is -0.824. The van der Waals surface area contributed by atoms with Crippen molar-refractivity contribution in [2.75, 3.05) is 18.8 Å². The number of nitrogens with zero attached hydrogens (tertiary/aromatic N) is 1. The fourth-order valence-electron chi connectivity index (χ4n) is 1.57. The third kappa shape index (κ3) is 5.38. The fraction of sp³-hybridized carbons (Fsp3) is 0.923. The van der Waals surface area contributed by atoms with Crippen molar-refractivity contribution >= 4 is 16.8 Å². The summed E-state index contributed by atoms with van der Waals surface area (Å²) in [6.07, 6.45) is 1.22. The zero-order valence-corrected chi connectivity index (χ0v) is 13.1. The molecule has 1 saturated carbocycles. The van der Waals surface area contributed by atoms with E-state index < -0.39 is 10.8 Å². The maximum Gasteiger partial charge on any atom is 0.191 e. The molecule has 18 heavy (non-hydrogen) atoms. The molecular weight excluding hydrogens is 246 g/mol. The first kappa shape index (κ1) is 15.5. The second-order valence-corrected chi connectivity index (χ2v) is 8.21. The lowest BCUT2D eigenvalue weighted by Gasteiger charge is -2.17. The van der Waals surface area contributed by atoms with Crippen LogP contribution in [0.4, 0.5) is 0 Å². The van der Waals surface area contributed by atoms with Crippen molar-refractivity contribution < 1.29 is 4.21 Å². The van der Waals surface area contributed by atoms with Crippen molar-refractivity contribution in [2.24, 2.45) is 10.9 Å². The Hall–Kier alpha value is -0.580. The van der Waals surface area contributed by atoms with E-state index in [2.05, 4.69) is 29.5 Å². The van der Waals surface area contributed by atoms with Crippen LogP contribution in [0.1, 0.15) is 41.0 Å². The van der Waals surface area contributed by atoms with Gasteiger partial charge in [0.25, 0.3) is 0 Å². The summed E-state index contributed by atoms with van der Waals surface area (Å²) in [6.45, 7) is 11.8. The van der Waals surface area contributed by atoms with Crippen molar-refractivity contribution in [3.05, 3.63) is 0 Å². The highest BCUT2D eigenvalue weighted by Crippen LogP contribution is 2.28. The molecule has 1 aliphatic carbocycles. The normalized spacial score (nSPS) is 25.7. The van der Waals surface area contributed by atoms with Crippen LogP contribution in [0.25, 0.3) is 0 Å². The number of aliphatic imine (C=N–C) groups is 1. The van der Waals surface area contributed by atoms with E-state index in [4.69, 9.17) is 0 Å². The topological polar surface area (TPSA) is 53.5 Å². The van der Waals surface area contributed by atoms with E-state index in [1.807, 2.05) is 20.8 Å². The third-order valence-electron chi connectivity index (χ3n) is 3.01. The van der Waals surface area contributed by atoms with Gasteiger partial charge in [0.2, 0.25) is 0 Å². The number of rotatable bonds is 5. The van der Waals surface area contributed by atoms with Gasteiger partial charge >= 0.3 is 0 Å². The highest BCUT2D eigenvalue weighted by Gasteiger charge is 2.33. The molecule has 3 unspecified atom stereocenters. The lowest BCUT2D eigenvalue weighted by molar-refractivity contribution is 0.648. The molecule has 0 spiro atoms. The lowest BCUT2D eigenvalue weighted by Crippen LogP contribution is -2.39. The van der Waals surface area contributed by atoms with E-state index in [0.29, 0.717) is 18.3 Å². The molecule has 0 saturated heterocycles. The Morgan fingerprint density at radius 2 is 2.06 bits per heavy atom. The Morgan fingerprint density at radius 1 is 1.44 bits per heavy atom. The molecule has 3 atom stereocenters. The van der Waals surface area contributed by atoms with Crippen molar-refractivity contribution in [1.82, 2.24) is 10.6 Å². The summed E-state index contributed by atoms with van der Waals surface area (Å²) in [5.74, 6) is 2.23. The first-order valence-electron chi connectivity index (χ1n) is 6.78. The van der Waals surface area contributed by atoms with E-state index in [0.717, 1.165) is 18.4 Å². The summed E-state index contributed by atoms with van der Waals surface area (Å²) in [4.78, 5) is 4.48. The van der Waals surface area contributed by atoms with Gasteiger partial charge in [-0.15, -0.1) is 0 Å². The van der Waals surface area contributed by atoms with E-state index in [1.165, 1.54) is 6.42 Å². The molecule has 1 fully saturated rings. The first-order chi connectivity index (χ1) is 8.34. The van der Waals surface area contributed by atoms with Gasteiger partial charge in [-0.05, 0) is 40.0 Å². The Balaban J connectivity index is 2.38. The standard InChI is InChI=1S/C13H27N3OS/c1-6-14-12(16-11-9-10(11)2)15-7-8-18(17)13(3,4)5/h10-11H,6-9H2,1-5H3,(H2,14,15,16). The lowest BCUT2D eigenvalue weighted by atomic mass is 10.3. The van der Waals surface area contributed by atoms with Crippen LogP contribution >= 0.6 is 0 Å². The van der Waals surface area contributed by atoms with Crippen molar-refractivity contribution in [2.45, 2.75) is 51.8 Å². The molecule has 5 heteroatoms. The Bertz CT molecular complexity index is 323. The summed E-state index contributed by atoms with van der Waals surface area (Å²) in [5.41, 5.74) is 0. The van der Waals surface area contributed by atoms with Crippen molar-refractivity contribution in [3.8, 4) is 0 Å². The van der Waals surface area contributed by atoms with Gasteiger partial charge in [-0.2, -0.15) is 0 Å². The predicted octanol–water partition coefficient (Wildman–Crippen LogP) is 1.50. The highest BCUT2D eigenvalue weighted by atomic mass is 32.2. The van der Waals surface area contributed by atoms with Gasteiger partial charge in [-0.3, -0.25) is 9.20 Å². The number of guanidine groups is 1. The molecule has 0 aliphatic heterocycles. The van der Waals surface area contributed by atoms with Crippen LogP contribution in [0, 0.1) is 5.92 Å². The van der Waals surface area contributed by atoms with Crippen LogP contribution in [0.3, 0.4) is 0 Å². The monoisotopic (exact) mass is 273 g/mol. The molecule has 0 aromatic carbocycles. The minimum Gasteiger partial charge on any atom is -0.357 e. The van der Waals surface area contributed by atoms with Crippen LogP contribution in [-0.4, -0.2) is 39.8 Å². The highest BCUT2D eigenvalue weighted by molar-refractivity contribution is 7.86. The quantitative estimate of drug-likeness (QED) is 0.589. The summed E-state index contributed by atoms with van der Waals surface area (Å²) >= 11 is 0. The molecule has 1 rings (SSSR count). The Labute approximate surface area is 113 Å². The third-order valence-corrected chi connectivity index (χ3v) is 4.92. The summed E-state index contributed by atoms with van der Waals surface area (Å²) < 4.78 is 11.7. The number of hydrogen-bond donors (Lipinski definition) is 2. The smallest absolute Gasteiger partial charge is 0.191 e. The molecule has 0 radical (unpaired) electrons. The van der Waals surface area contributed by atoms with Gasteiger partial charge in [0, 0.05) is 33.9 Å². The van der Waals surface area contributed by atoms with Gasteiger partial charge in [-0.25, -0.2) is 0 Å². The minimum atomic E-state index is -0.824. The van der Waals surface area contributed by atoms with Crippen LogP contribution in [0.2, 0.25) is 0 Å². The van der Waals surface area contributed by atoms with Crippen molar-refractivity contribution in [1.29, 1.82) is 0 Å². The molecule has 106 valence electrons. The second-order valence-electron chi connectivity index (χ2n) is 5.89. The van der Waals surface area contributed by atoms with Gasteiger partial charge in [0.05, 0.1) is 6.54 Å². The maximum absolute atomic E-state index is 11.9. The average Bonchev–Trinajstić information content (AvgIpc) is 2.93. The van der Waals surface area contributed by atoms with E-state index >= 15 is 0 Å². The first-order valence-corrected chi connectivity index (χ1v) is 8.09. The minimum absolute atomic E-state index is 0.147. The fourth-order valence-corrected chi connectivity index (χ4v) is 2.43. The SMILES string of the molecule is CCNC(=NCCS(=O)C(C)(C)C)NC1CC1C. The van der Waals surface area contributed by atoms with E-state index in [-0.39, 0.29) is 4.75 Å². The molecule has 0 heterocycles. The van der Waals surface area contributed by atoms with Gasteiger partial charge in [-0.1, -0.05) is 6.92 Å². The zero-order valence-electron chi connectivity index (χ0n) is 12.2. The largest absolute Gasteiger partial charge is 0.357 e. The Morgan fingerprint density at radius 3 is 2.50 bits per heavy atom. The van der Waals surface area contributed by atoms with Crippen molar-refractivity contribution in [3.63, 3.8) is 0 Å². The van der Waals surface area contributed by atoms with Crippen LogP contribution in [-0.2, 0) is 10.8 Å². The maximum atomic E-state index is 11.9. The summed E-state index contributed by atoms with van der Waals surface area (Å²) in [5, 5.41) is 6.62. The second kappa shape index (κ2) is 6.55. The molecular formula is C13H27N3OS. The molecule has 0 aromatic heterocycles. The van der Waals surface area contributed by atoms with Gasteiger partial charge in [0.15, 0.2) is 5.96 Å². The van der Waals surface area contributed by atoms with E-state index in [1.54, 1.807) is 0 Å². The average molecular weight is 273 g/mol. The van der Waals surface area contributed by atoms with Gasteiger partial charge < -0.3 is 10.6 Å². The predicted molar refractivity (Wildman–Crippen MR) is 79.4 cm³/mol. The molecule has 4 nitrogen and oxygen atoms in total. The van der Waals surface area contributed by atoms with E-state index in [9.17, 15) is 4.21 Å². The molecule has 1 aliphatic rings. The molecule has 0 bridgehead atoms. The number of nitrogens with one attached hydrogen (secondary N) is 2. The van der Waals surface area contributed by atoms with Crippen LogP contribution < -0.4 is 10.6 Å². The van der Waals surface area contributed by atoms with Crippen LogP contribution in [0.15, 0.2) is 4.99 Å². The summed E-state index contributed by atoms with van der Waals surface area (Å²) in [6, 6.07) is 0.566. The number of hydrogen-bond acceptors (Lipinski definition) is 2. The van der Waals surface area contributed by atoms with Crippen LogP contribution in [0.5, 0.6) is 0 Å². The van der Waals surface area contributed by atoms with Gasteiger partial charge in [0.1, 0.15) is 0 Å². The molecule has 0 aromatic rings. The molecule has 0 amide bonds. The zero-order chi connectivity index (χ0) is 13.8. The Kier molecular flexibility index (Phi) is 5.63. The molecule has 2 N–H and O–H groups in total.